The van der Waals surface area contributed by atoms with Crippen molar-refractivity contribution < 1.29 is 14.0 Å². The van der Waals surface area contributed by atoms with Gasteiger partial charge in [-0.2, -0.15) is 0 Å². The Balaban J connectivity index is 0.00000243. The molecule has 2 amide bonds. The van der Waals surface area contributed by atoms with Gasteiger partial charge in [0.15, 0.2) is 11.4 Å². The summed E-state index contributed by atoms with van der Waals surface area (Å²) in [5.41, 5.74) is 0.697. The largest absolute Gasteiger partial charge is 0.350 e. The third-order valence-corrected chi connectivity index (χ3v) is 3.91. The summed E-state index contributed by atoms with van der Waals surface area (Å²) in [4.78, 5) is 32.6. The van der Waals surface area contributed by atoms with E-state index in [-0.39, 0.29) is 36.2 Å². The molecule has 1 fully saturated rings. The van der Waals surface area contributed by atoms with Gasteiger partial charge in [0.25, 0.3) is 11.8 Å². The summed E-state index contributed by atoms with van der Waals surface area (Å²) in [7, 11) is 0. The maximum atomic E-state index is 12.9. The summed E-state index contributed by atoms with van der Waals surface area (Å²) < 4.78 is 12.9. The van der Waals surface area contributed by atoms with Crippen LogP contribution >= 0.6 is 12.4 Å². The quantitative estimate of drug-likeness (QED) is 0.693. The molecular formula is C17H19ClFN5O2. The first-order chi connectivity index (χ1) is 12.1. The lowest BCUT2D eigenvalue weighted by Gasteiger charge is -2.27. The van der Waals surface area contributed by atoms with Gasteiger partial charge in [0.1, 0.15) is 5.82 Å². The number of nitrogens with zero attached hydrogens (tertiary/aromatic N) is 2. The molecule has 0 unspecified atom stereocenters. The SMILES string of the molecule is Cl.O=C(NCc1ccc(F)cc1)c1nccnc1C(=O)NCC1CNC1. The molecule has 7 nitrogen and oxygen atoms in total. The van der Waals surface area contributed by atoms with Gasteiger partial charge in [-0.05, 0) is 17.7 Å². The van der Waals surface area contributed by atoms with E-state index in [9.17, 15) is 14.0 Å². The van der Waals surface area contributed by atoms with E-state index in [1.54, 1.807) is 12.1 Å². The van der Waals surface area contributed by atoms with Gasteiger partial charge in [-0.3, -0.25) is 9.59 Å². The van der Waals surface area contributed by atoms with Crippen LogP contribution in [0.15, 0.2) is 36.7 Å². The van der Waals surface area contributed by atoms with E-state index in [0.717, 1.165) is 18.7 Å². The number of carbonyl (C=O) groups excluding carboxylic acids is 2. The van der Waals surface area contributed by atoms with Crippen molar-refractivity contribution in [2.24, 2.45) is 5.92 Å². The Hall–Kier alpha value is -2.58. The molecule has 0 spiro atoms. The summed E-state index contributed by atoms with van der Waals surface area (Å²) >= 11 is 0. The molecule has 0 radical (unpaired) electrons. The molecule has 1 aromatic carbocycles. The van der Waals surface area contributed by atoms with Crippen LogP contribution in [0.1, 0.15) is 26.5 Å². The van der Waals surface area contributed by atoms with E-state index in [1.165, 1.54) is 24.5 Å². The first-order valence-corrected chi connectivity index (χ1v) is 7.96. The van der Waals surface area contributed by atoms with E-state index in [2.05, 4.69) is 25.9 Å². The van der Waals surface area contributed by atoms with Crippen LogP contribution < -0.4 is 16.0 Å². The van der Waals surface area contributed by atoms with Crippen LogP contribution in [0.3, 0.4) is 0 Å². The van der Waals surface area contributed by atoms with Gasteiger partial charge < -0.3 is 16.0 Å². The normalized spacial score (nSPS) is 13.3. The number of nitrogens with one attached hydrogen (secondary N) is 3. The predicted octanol–water partition coefficient (Wildman–Crippen LogP) is 0.917. The van der Waals surface area contributed by atoms with Crippen LogP contribution in [0.25, 0.3) is 0 Å². The second kappa shape index (κ2) is 9.21. The number of carbonyl (C=O) groups is 2. The average molecular weight is 380 g/mol. The van der Waals surface area contributed by atoms with Gasteiger partial charge in [-0.25, -0.2) is 14.4 Å². The third-order valence-electron chi connectivity index (χ3n) is 3.91. The molecule has 0 aliphatic carbocycles. The molecule has 0 bridgehead atoms. The van der Waals surface area contributed by atoms with Crippen molar-refractivity contribution >= 4 is 24.2 Å². The Kier molecular flexibility index (Phi) is 6.99. The van der Waals surface area contributed by atoms with Gasteiger partial charge in [0.05, 0.1) is 0 Å². The highest BCUT2D eigenvalue weighted by Gasteiger charge is 2.22. The van der Waals surface area contributed by atoms with E-state index in [4.69, 9.17) is 0 Å². The maximum absolute atomic E-state index is 12.9. The molecule has 138 valence electrons. The lowest BCUT2D eigenvalue weighted by atomic mass is 10.0. The van der Waals surface area contributed by atoms with Crippen molar-refractivity contribution in [3.05, 3.63) is 59.4 Å². The monoisotopic (exact) mass is 379 g/mol. The van der Waals surface area contributed by atoms with Gasteiger partial charge in [-0.15, -0.1) is 12.4 Å². The molecule has 0 saturated carbocycles. The zero-order valence-electron chi connectivity index (χ0n) is 13.9. The van der Waals surface area contributed by atoms with Crippen LogP contribution in [-0.2, 0) is 6.54 Å². The highest BCUT2D eigenvalue weighted by Crippen LogP contribution is 2.06. The zero-order valence-corrected chi connectivity index (χ0v) is 14.7. The van der Waals surface area contributed by atoms with Crippen molar-refractivity contribution in [3.63, 3.8) is 0 Å². The predicted molar refractivity (Wildman–Crippen MR) is 95.5 cm³/mol. The minimum absolute atomic E-state index is 0. The highest BCUT2D eigenvalue weighted by atomic mass is 35.5. The lowest BCUT2D eigenvalue weighted by Crippen LogP contribution is -2.48. The number of rotatable bonds is 6. The van der Waals surface area contributed by atoms with Crippen molar-refractivity contribution in [1.29, 1.82) is 0 Å². The first kappa shape index (κ1) is 19.7. The zero-order chi connectivity index (χ0) is 17.6. The minimum atomic E-state index is -0.507. The fraction of sp³-hybridized carbons (Fsp3) is 0.294. The minimum Gasteiger partial charge on any atom is -0.350 e. The molecule has 9 heteroatoms. The van der Waals surface area contributed by atoms with E-state index < -0.39 is 11.8 Å². The average Bonchev–Trinajstić information content (AvgIpc) is 2.59. The number of aromatic nitrogens is 2. The van der Waals surface area contributed by atoms with Gasteiger partial charge in [-0.1, -0.05) is 12.1 Å². The molecular weight excluding hydrogens is 361 g/mol. The molecule has 1 saturated heterocycles. The molecule has 3 rings (SSSR count). The number of halogens is 2. The number of benzene rings is 1. The molecule has 2 heterocycles. The third kappa shape index (κ3) is 4.96. The lowest BCUT2D eigenvalue weighted by molar-refractivity contribution is 0.0903. The molecule has 1 aromatic heterocycles. The Morgan fingerprint density at radius 1 is 1.04 bits per heavy atom. The molecule has 1 aliphatic heterocycles. The van der Waals surface area contributed by atoms with Crippen molar-refractivity contribution in [1.82, 2.24) is 25.9 Å². The van der Waals surface area contributed by atoms with Crippen molar-refractivity contribution in [3.8, 4) is 0 Å². The fourth-order valence-corrected chi connectivity index (χ4v) is 2.35. The van der Waals surface area contributed by atoms with E-state index >= 15 is 0 Å². The molecule has 26 heavy (non-hydrogen) atoms. The van der Waals surface area contributed by atoms with Crippen molar-refractivity contribution in [2.45, 2.75) is 6.54 Å². The second-order valence-corrected chi connectivity index (χ2v) is 5.80. The summed E-state index contributed by atoms with van der Waals surface area (Å²) in [6.07, 6.45) is 2.73. The highest BCUT2D eigenvalue weighted by molar-refractivity contribution is 6.04. The number of hydrogen-bond donors (Lipinski definition) is 3. The molecule has 2 aromatic rings. The van der Waals surface area contributed by atoms with Crippen LogP contribution in [0.4, 0.5) is 4.39 Å². The maximum Gasteiger partial charge on any atom is 0.272 e. The van der Waals surface area contributed by atoms with Crippen LogP contribution in [0.2, 0.25) is 0 Å². The standard InChI is InChI=1S/C17H18FN5O2.ClH/c18-13-3-1-11(2-4-13)9-22-16(24)14-15(21-6-5-20-14)17(25)23-10-12-7-19-8-12;/h1-6,12,19H,7-10H2,(H,22,24)(H,23,25);1H. The van der Waals surface area contributed by atoms with Crippen LogP contribution in [-0.4, -0.2) is 41.4 Å². The topological polar surface area (TPSA) is 96.0 Å². The first-order valence-electron chi connectivity index (χ1n) is 7.96. The summed E-state index contributed by atoms with van der Waals surface area (Å²) in [5.74, 6) is -0.874. The van der Waals surface area contributed by atoms with Crippen LogP contribution in [0, 0.1) is 11.7 Å². The van der Waals surface area contributed by atoms with Crippen molar-refractivity contribution in [2.75, 3.05) is 19.6 Å². The van der Waals surface area contributed by atoms with E-state index in [0.29, 0.717) is 12.5 Å². The Bertz CT molecular complexity index is 768. The smallest absolute Gasteiger partial charge is 0.272 e. The van der Waals surface area contributed by atoms with Gasteiger partial charge >= 0.3 is 0 Å². The Morgan fingerprint density at radius 3 is 2.15 bits per heavy atom. The Morgan fingerprint density at radius 2 is 1.62 bits per heavy atom. The Labute approximate surface area is 156 Å². The second-order valence-electron chi connectivity index (χ2n) is 5.80. The van der Waals surface area contributed by atoms with E-state index in [1.807, 2.05) is 0 Å². The summed E-state index contributed by atoms with van der Waals surface area (Å²) in [5, 5.41) is 8.56. The summed E-state index contributed by atoms with van der Waals surface area (Å²) in [6.45, 7) is 2.46. The number of hydrogen-bond acceptors (Lipinski definition) is 5. The molecule has 0 atom stereocenters. The molecule has 1 aliphatic rings. The fourth-order valence-electron chi connectivity index (χ4n) is 2.35. The number of amides is 2. The molecule has 3 N–H and O–H groups in total. The summed E-state index contributed by atoms with van der Waals surface area (Å²) in [6, 6.07) is 5.79. The van der Waals surface area contributed by atoms with Gasteiger partial charge in [0, 0.05) is 44.5 Å². The van der Waals surface area contributed by atoms with Crippen LogP contribution in [0.5, 0.6) is 0 Å². The van der Waals surface area contributed by atoms with Gasteiger partial charge in [0.2, 0.25) is 0 Å².